The van der Waals surface area contributed by atoms with Crippen molar-refractivity contribution in [3.8, 4) is 22.8 Å². The van der Waals surface area contributed by atoms with E-state index in [2.05, 4.69) is 10.8 Å². The number of imidazole rings is 1. The third kappa shape index (κ3) is 1.94. The molecule has 0 amide bonds. The molecule has 2 aliphatic heterocycles. The lowest BCUT2D eigenvalue weighted by Gasteiger charge is -2.19. The summed E-state index contributed by atoms with van der Waals surface area (Å²) < 4.78 is 13.3. The van der Waals surface area contributed by atoms with Crippen molar-refractivity contribution >= 4 is 0 Å². The first-order valence-corrected chi connectivity index (χ1v) is 7.01. The average molecular weight is 271 g/mol. The number of nitrogens with zero attached hydrogens (tertiary/aromatic N) is 2. The lowest BCUT2D eigenvalue weighted by molar-refractivity contribution is 0.171. The Morgan fingerprint density at radius 2 is 2.05 bits per heavy atom. The molecule has 5 heteroatoms. The van der Waals surface area contributed by atoms with Gasteiger partial charge in [0.2, 0.25) is 0 Å². The van der Waals surface area contributed by atoms with Gasteiger partial charge in [-0.2, -0.15) is 0 Å². The highest BCUT2D eigenvalue weighted by atomic mass is 16.6. The summed E-state index contributed by atoms with van der Waals surface area (Å²) in [5, 5.41) is 0. The van der Waals surface area contributed by atoms with Gasteiger partial charge in [0.25, 0.3) is 0 Å². The van der Waals surface area contributed by atoms with Crippen LogP contribution in [-0.2, 0) is 13.0 Å². The van der Waals surface area contributed by atoms with Crippen LogP contribution < -0.4 is 15.2 Å². The van der Waals surface area contributed by atoms with Crippen LogP contribution in [0.2, 0.25) is 0 Å². The molecule has 0 fully saturated rings. The van der Waals surface area contributed by atoms with Crippen LogP contribution in [0.1, 0.15) is 12.2 Å². The standard InChI is InChI=1S/C15H17N3O2/c16-11-2-4-15-17-12(9-18(15)8-11)10-1-3-13-14(7-10)20-6-5-19-13/h1,3,7,9,11H,2,4-6,8,16H2. The Bertz CT molecular complexity index is 651. The van der Waals surface area contributed by atoms with Gasteiger partial charge in [0.05, 0.1) is 5.69 Å². The summed E-state index contributed by atoms with van der Waals surface area (Å²) in [6.07, 6.45) is 4.04. The van der Waals surface area contributed by atoms with Gasteiger partial charge < -0.3 is 19.8 Å². The third-order valence-corrected chi connectivity index (χ3v) is 3.87. The molecule has 3 heterocycles. The molecule has 1 aromatic carbocycles. The van der Waals surface area contributed by atoms with E-state index in [9.17, 15) is 0 Å². The number of aromatic nitrogens is 2. The van der Waals surface area contributed by atoms with Crippen molar-refractivity contribution in [3.63, 3.8) is 0 Å². The fraction of sp³-hybridized carbons (Fsp3) is 0.400. The molecule has 0 aliphatic carbocycles. The van der Waals surface area contributed by atoms with Gasteiger partial charge in [0.1, 0.15) is 19.0 Å². The Kier molecular flexibility index (Phi) is 2.67. The van der Waals surface area contributed by atoms with Crippen molar-refractivity contribution in [3.05, 3.63) is 30.2 Å². The molecule has 1 unspecified atom stereocenters. The van der Waals surface area contributed by atoms with Gasteiger partial charge in [-0.05, 0) is 24.6 Å². The van der Waals surface area contributed by atoms with Crippen LogP contribution in [0.15, 0.2) is 24.4 Å². The zero-order valence-electron chi connectivity index (χ0n) is 11.2. The minimum atomic E-state index is 0.241. The Morgan fingerprint density at radius 1 is 1.20 bits per heavy atom. The molecular formula is C15H17N3O2. The average Bonchev–Trinajstić information content (AvgIpc) is 2.89. The number of ether oxygens (including phenoxy) is 2. The highest BCUT2D eigenvalue weighted by Crippen LogP contribution is 2.34. The summed E-state index contributed by atoms with van der Waals surface area (Å²) in [6, 6.07) is 6.23. The highest BCUT2D eigenvalue weighted by Gasteiger charge is 2.19. The summed E-state index contributed by atoms with van der Waals surface area (Å²) in [6.45, 7) is 2.07. The van der Waals surface area contributed by atoms with Crippen LogP contribution >= 0.6 is 0 Å². The van der Waals surface area contributed by atoms with E-state index in [1.807, 2.05) is 18.2 Å². The van der Waals surface area contributed by atoms with E-state index in [-0.39, 0.29) is 6.04 Å². The Labute approximate surface area is 117 Å². The number of rotatable bonds is 1. The molecule has 5 nitrogen and oxygen atoms in total. The molecule has 0 spiro atoms. The summed E-state index contributed by atoms with van der Waals surface area (Å²) in [4.78, 5) is 4.72. The molecule has 2 aliphatic rings. The highest BCUT2D eigenvalue weighted by molar-refractivity contribution is 5.64. The monoisotopic (exact) mass is 271 g/mol. The van der Waals surface area contributed by atoms with Crippen molar-refractivity contribution in [1.82, 2.24) is 9.55 Å². The van der Waals surface area contributed by atoms with Crippen molar-refractivity contribution in [2.24, 2.45) is 5.73 Å². The second-order valence-corrected chi connectivity index (χ2v) is 5.35. The van der Waals surface area contributed by atoms with Gasteiger partial charge in [-0.15, -0.1) is 0 Å². The van der Waals surface area contributed by atoms with E-state index >= 15 is 0 Å². The minimum absolute atomic E-state index is 0.241. The van der Waals surface area contributed by atoms with Gasteiger partial charge in [-0.3, -0.25) is 0 Å². The molecule has 0 radical (unpaired) electrons. The number of nitrogens with two attached hydrogens (primary N) is 1. The summed E-state index contributed by atoms with van der Waals surface area (Å²) in [5.74, 6) is 2.74. The van der Waals surface area contributed by atoms with E-state index in [0.29, 0.717) is 13.2 Å². The molecule has 1 aromatic heterocycles. The maximum absolute atomic E-state index is 6.00. The first-order valence-electron chi connectivity index (χ1n) is 7.01. The fourth-order valence-corrected chi connectivity index (χ4v) is 2.81. The normalized spacial score (nSPS) is 20.6. The molecule has 0 saturated carbocycles. The first-order chi connectivity index (χ1) is 9.79. The van der Waals surface area contributed by atoms with Crippen molar-refractivity contribution in [1.29, 1.82) is 0 Å². The quantitative estimate of drug-likeness (QED) is 0.855. The van der Waals surface area contributed by atoms with Crippen LogP contribution in [-0.4, -0.2) is 28.8 Å². The number of fused-ring (bicyclic) bond motifs is 2. The zero-order valence-corrected chi connectivity index (χ0v) is 11.2. The lowest BCUT2D eigenvalue weighted by Crippen LogP contribution is -2.31. The zero-order chi connectivity index (χ0) is 13.5. The molecule has 2 aromatic rings. The Morgan fingerprint density at radius 3 is 2.95 bits per heavy atom. The van der Waals surface area contributed by atoms with Gasteiger partial charge in [-0.1, -0.05) is 0 Å². The van der Waals surface area contributed by atoms with E-state index < -0.39 is 0 Å². The van der Waals surface area contributed by atoms with Gasteiger partial charge >= 0.3 is 0 Å². The number of hydrogen-bond acceptors (Lipinski definition) is 4. The first kappa shape index (κ1) is 11.8. The summed E-state index contributed by atoms with van der Waals surface area (Å²) in [7, 11) is 0. The van der Waals surface area contributed by atoms with Crippen molar-refractivity contribution in [2.45, 2.75) is 25.4 Å². The molecule has 4 rings (SSSR count). The molecule has 0 saturated heterocycles. The van der Waals surface area contributed by atoms with Gasteiger partial charge in [0.15, 0.2) is 11.5 Å². The van der Waals surface area contributed by atoms with Gasteiger partial charge in [-0.25, -0.2) is 4.98 Å². The van der Waals surface area contributed by atoms with E-state index in [4.69, 9.17) is 20.2 Å². The molecule has 2 N–H and O–H groups in total. The van der Waals surface area contributed by atoms with Crippen LogP contribution in [0, 0.1) is 0 Å². The van der Waals surface area contributed by atoms with E-state index in [1.54, 1.807) is 0 Å². The molecule has 20 heavy (non-hydrogen) atoms. The molecule has 1 atom stereocenters. The van der Waals surface area contributed by atoms with Crippen LogP contribution in [0.25, 0.3) is 11.3 Å². The fourth-order valence-electron chi connectivity index (χ4n) is 2.81. The Balaban J connectivity index is 1.71. The van der Waals surface area contributed by atoms with Crippen LogP contribution in [0.3, 0.4) is 0 Å². The van der Waals surface area contributed by atoms with Crippen molar-refractivity contribution in [2.75, 3.05) is 13.2 Å². The predicted octanol–water partition coefficient (Wildman–Crippen LogP) is 1.59. The SMILES string of the molecule is NC1CCc2nc(-c3ccc4c(c3)OCCO4)cn2C1. The lowest BCUT2D eigenvalue weighted by atomic mass is 10.1. The van der Waals surface area contributed by atoms with Gasteiger partial charge in [0, 0.05) is 30.8 Å². The van der Waals surface area contributed by atoms with E-state index in [1.165, 1.54) is 0 Å². The smallest absolute Gasteiger partial charge is 0.162 e. The Hall–Kier alpha value is -2.01. The van der Waals surface area contributed by atoms with E-state index in [0.717, 1.165) is 48.0 Å². The predicted molar refractivity (Wildman–Crippen MR) is 74.9 cm³/mol. The number of benzene rings is 1. The topological polar surface area (TPSA) is 62.3 Å². The van der Waals surface area contributed by atoms with Crippen LogP contribution in [0.4, 0.5) is 0 Å². The summed E-state index contributed by atoms with van der Waals surface area (Å²) >= 11 is 0. The molecular weight excluding hydrogens is 254 g/mol. The summed E-state index contributed by atoms with van der Waals surface area (Å²) in [5.41, 5.74) is 8.04. The number of hydrogen-bond donors (Lipinski definition) is 1. The number of aryl methyl sites for hydroxylation is 1. The second kappa shape index (κ2) is 4.52. The maximum atomic E-state index is 6.00. The largest absolute Gasteiger partial charge is 0.486 e. The molecule has 0 bridgehead atoms. The maximum Gasteiger partial charge on any atom is 0.162 e. The molecule has 104 valence electrons. The van der Waals surface area contributed by atoms with Crippen molar-refractivity contribution < 1.29 is 9.47 Å². The van der Waals surface area contributed by atoms with Crippen LogP contribution in [0.5, 0.6) is 11.5 Å². The minimum Gasteiger partial charge on any atom is -0.486 e. The second-order valence-electron chi connectivity index (χ2n) is 5.35. The third-order valence-electron chi connectivity index (χ3n) is 3.87.